The van der Waals surface area contributed by atoms with E-state index < -0.39 is 18.1 Å². The van der Waals surface area contributed by atoms with Crippen molar-refractivity contribution in [3.8, 4) is 0 Å². The molecule has 1 atom stereocenters. The van der Waals surface area contributed by atoms with E-state index in [1.54, 1.807) is 6.92 Å². The Morgan fingerprint density at radius 1 is 1.00 bits per heavy atom. The Morgan fingerprint density at radius 2 is 1.54 bits per heavy atom. The highest BCUT2D eigenvalue weighted by atomic mass is 16.6. The Bertz CT molecular complexity index is 658. The number of carbonyl (C=O) groups excluding carboxylic acids is 1. The zero-order valence-electron chi connectivity index (χ0n) is 13.6. The van der Waals surface area contributed by atoms with Crippen LogP contribution in [-0.4, -0.2) is 34.7 Å². The van der Waals surface area contributed by atoms with Crippen LogP contribution in [0.3, 0.4) is 0 Å². The van der Waals surface area contributed by atoms with Gasteiger partial charge in [0.05, 0.1) is 6.61 Å². The molecule has 24 heavy (non-hydrogen) atoms. The highest BCUT2D eigenvalue weighted by Gasteiger charge is 2.31. The van der Waals surface area contributed by atoms with Crippen LogP contribution in [0.2, 0.25) is 0 Å². The first-order valence-corrected chi connectivity index (χ1v) is 7.86. The molecule has 1 N–H and O–H groups in total. The van der Waals surface area contributed by atoms with Gasteiger partial charge in [-0.15, -0.1) is 0 Å². The van der Waals surface area contributed by atoms with Crippen molar-refractivity contribution in [1.82, 2.24) is 4.90 Å². The summed E-state index contributed by atoms with van der Waals surface area (Å²) in [4.78, 5) is 25.4. The van der Waals surface area contributed by atoms with E-state index in [1.165, 1.54) is 4.90 Å². The number of nitrogens with zero attached hydrogens (tertiary/aromatic N) is 1. The van der Waals surface area contributed by atoms with Crippen LogP contribution in [0, 0.1) is 0 Å². The predicted octanol–water partition coefficient (Wildman–Crippen LogP) is 3.34. The topological polar surface area (TPSA) is 66.8 Å². The second-order valence-corrected chi connectivity index (χ2v) is 5.36. The molecule has 0 unspecified atom stereocenters. The summed E-state index contributed by atoms with van der Waals surface area (Å²) in [6.07, 6.45) is -0.397. The second kappa shape index (κ2) is 8.72. The van der Waals surface area contributed by atoms with Crippen molar-refractivity contribution in [2.45, 2.75) is 25.9 Å². The van der Waals surface area contributed by atoms with Gasteiger partial charge < -0.3 is 9.84 Å². The molecule has 5 nitrogen and oxygen atoms in total. The van der Waals surface area contributed by atoms with Crippen LogP contribution in [0.4, 0.5) is 4.79 Å². The van der Waals surface area contributed by atoms with E-state index in [0.29, 0.717) is 0 Å². The number of carboxylic acids is 1. The molecule has 0 aliphatic carbocycles. The van der Waals surface area contributed by atoms with Crippen LogP contribution >= 0.6 is 0 Å². The third-order valence-electron chi connectivity index (χ3n) is 3.63. The zero-order valence-corrected chi connectivity index (χ0v) is 13.6. The number of benzene rings is 2. The van der Waals surface area contributed by atoms with Gasteiger partial charge in [0.25, 0.3) is 0 Å². The van der Waals surface area contributed by atoms with Crippen molar-refractivity contribution in [3.63, 3.8) is 0 Å². The van der Waals surface area contributed by atoms with Crippen molar-refractivity contribution < 1.29 is 19.4 Å². The number of rotatable bonds is 7. The largest absolute Gasteiger partial charge is 0.480 e. The minimum absolute atomic E-state index is 0.184. The lowest BCUT2D eigenvalue weighted by molar-refractivity contribution is -0.143. The van der Waals surface area contributed by atoms with E-state index in [-0.39, 0.29) is 19.6 Å². The van der Waals surface area contributed by atoms with Crippen molar-refractivity contribution in [1.29, 1.82) is 0 Å². The molecule has 0 heterocycles. The number of carboxylic acid groups (broad SMARTS) is 1. The maximum Gasteiger partial charge on any atom is 0.410 e. The van der Waals surface area contributed by atoms with E-state index in [9.17, 15) is 14.7 Å². The lowest BCUT2D eigenvalue weighted by Crippen LogP contribution is -2.46. The van der Waals surface area contributed by atoms with Gasteiger partial charge in [0.15, 0.2) is 0 Å². The van der Waals surface area contributed by atoms with Crippen LogP contribution < -0.4 is 0 Å². The van der Waals surface area contributed by atoms with E-state index in [2.05, 4.69) is 0 Å². The van der Waals surface area contributed by atoms with Crippen LogP contribution in [0.1, 0.15) is 18.1 Å². The lowest BCUT2D eigenvalue weighted by Gasteiger charge is -2.28. The SMILES string of the molecule is CCOC(=O)N(Cc1ccccc1)[C@@H](Cc1ccccc1)C(=O)O. The Labute approximate surface area is 141 Å². The van der Waals surface area contributed by atoms with Gasteiger partial charge >= 0.3 is 12.1 Å². The van der Waals surface area contributed by atoms with Crippen LogP contribution in [-0.2, 0) is 22.5 Å². The maximum atomic E-state index is 12.3. The van der Waals surface area contributed by atoms with Gasteiger partial charge in [-0.2, -0.15) is 0 Å². The third kappa shape index (κ3) is 4.84. The molecule has 2 aromatic rings. The molecule has 1 amide bonds. The highest BCUT2D eigenvalue weighted by Crippen LogP contribution is 2.15. The molecule has 0 fully saturated rings. The van der Waals surface area contributed by atoms with Crippen molar-refractivity contribution in [2.24, 2.45) is 0 Å². The minimum Gasteiger partial charge on any atom is -0.480 e. The van der Waals surface area contributed by atoms with E-state index in [1.807, 2.05) is 60.7 Å². The molecule has 0 aliphatic heterocycles. The van der Waals surface area contributed by atoms with Gasteiger partial charge in [0, 0.05) is 13.0 Å². The Kier molecular flexibility index (Phi) is 6.37. The Hall–Kier alpha value is -2.82. The minimum atomic E-state index is -1.05. The molecular weight excluding hydrogens is 306 g/mol. The number of amides is 1. The summed E-state index contributed by atoms with van der Waals surface area (Å²) < 4.78 is 5.07. The summed E-state index contributed by atoms with van der Waals surface area (Å²) in [5.41, 5.74) is 1.71. The zero-order chi connectivity index (χ0) is 17.4. The van der Waals surface area contributed by atoms with Crippen molar-refractivity contribution in [2.75, 3.05) is 6.61 Å². The molecule has 2 aromatic carbocycles. The summed E-state index contributed by atoms with van der Waals surface area (Å²) in [5.74, 6) is -1.05. The summed E-state index contributed by atoms with van der Waals surface area (Å²) in [7, 11) is 0. The molecular formula is C19H21NO4. The molecule has 2 rings (SSSR count). The maximum absolute atomic E-state index is 12.3. The molecule has 0 radical (unpaired) electrons. The first-order chi connectivity index (χ1) is 11.6. The van der Waals surface area contributed by atoms with Gasteiger partial charge in [-0.3, -0.25) is 4.90 Å². The van der Waals surface area contributed by atoms with Gasteiger partial charge in [-0.25, -0.2) is 9.59 Å². The standard InChI is InChI=1S/C19H21NO4/c1-2-24-19(23)20(14-16-11-7-4-8-12-16)17(18(21)22)13-15-9-5-3-6-10-15/h3-12,17H,2,13-14H2,1H3,(H,21,22)/t17-/m0/s1. The molecule has 0 bridgehead atoms. The lowest BCUT2D eigenvalue weighted by atomic mass is 10.0. The van der Waals surface area contributed by atoms with Gasteiger partial charge in [0.2, 0.25) is 0 Å². The Balaban J connectivity index is 2.26. The van der Waals surface area contributed by atoms with Gasteiger partial charge in [-0.05, 0) is 18.1 Å². The fourth-order valence-electron chi connectivity index (χ4n) is 2.46. The number of carbonyl (C=O) groups is 2. The Morgan fingerprint density at radius 3 is 2.04 bits per heavy atom. The number of hydrogen-bond acceptors (Lipinski definition) is 3. The first kappa shape index (κ1) is 17.5. The smallest absolute Gasteiger partial charge is 0.410 e. The summed E-state index contributed by atoms with van der Waals surface area (Å²) in [5, 5.41) is 9.65. The summed E-state index contributed by atoms with van der Waals surface area (Å²) in [6, 6.07) is 17.6. The molecule has 0 saturated heterocycles. The predicted molar refractivity (Wildman–Crippen MR) is 90.6 cm³/mol. The van der Waals surface area contributed by atoms with Gasteiger partial charge in [0.1, 0.15) is 6.04 Å². The highest BCUT2D eigenvalue weighted by molar-refractivity contribution is 5.80. The number of ether oxygens (including phenoxy) is 1. The fourth-order valence-corrected chi connectivity index (χ4v) is 2.46. The normalized spacial score (nSPS) is 11.5. The van der Waals surface area contributed by atoms with Crippen molar-refractivity contribution >= 4 is 12.1 Å². The average Bonchev–Trinajstić information content (AvgIpc) is 2.60. The monoisotopic (exact) mass is 327 g/mol. The molecule has 5 heteroatoms. The summed E-state index contributed by atoms with van der Waals surface area (Å²) >= 11 is 0. The van der Waals surface area contributed by atoms with Crippen LogP contribution in [0.5, 0.6) is 0 Å². The molecule has 0 aliphatic rings. The second-order valence-electron chi connectivity index (χ2n) is 5.36. The molecule has 0 aromatic heterocycles. The summed E-state index contributed by atoms with van der Waals surface area (Å²) in [6.45, 7) is 2.08. The van der Waals surface area contributed by atoms with Crippen LogP contribution in [0.15, 0.2) is 60.7 Å². The third-order valence-corrected chi connectivity index (χ3v) is 3.63. The average molecular weight is 327 g/mol. The quantitative estimate of drug-likeness (QED) is 0.847. The fraction of sp³-hybridized carbons (Fsp3) is 0.263. The van der Waals surface area contributed by atoms with E-state index in [0.717, 1.165) is 11.1 Å². The number of aliphatic carboxylic acids is 1. The number of hydrogen-bond donors (Lipinski definition) is 1. The van der Waals surface area contributed by atoms with Crippen molar-refractivity contribution in [3.05, 3.63) is 71.8 Å². The first-order valence-electron chi connectivity index (χ1n) is 7.86. The molecule has 126 valence electrons. The molecule has 0 saturated carbocycles. The molecule has 0 spiro atoms. The van der Waals surface area contributed by atoms with Gasteiger partial charge in [-0.1, -0.05) is 60.7 Å². The van der Waals surface area contributed by atoms with E-state index in [4.69, 9.17) is 4.74 Å². The van der Waals surface area contributed by atoms with E-state index >= 15 is 0 Å². The van der Waals surface area contributed by atoms with Crippen LogP contribution in [0.25, 0.3) is 0 Å².